The fraction of sp³-hybridized carbons (Fsp3) is 0. The minimum atomic E-state index is -1.11. The van der Waals surface area contributed by atoms with Crippen molar-refractivity contribution in [2.24, 2.45) is 0 Å². The van der Waals surface area contributed by atoms with E-state index in [0.717, 1.165) is 0 Å². The Bertz CT molecular complexity index is 656. The molecule has 1 aromatic carbocycles. The molecule has 0 spiro atoms. The van der Waals surface area contributed by atoms with E-state index in [9.17, 15) is 9.59 Å². The van der Waals surface area contributed by atoms with Crippen LogP contribution in [-0.4, -0.2) is 17.0 Å². The number of hydrogen-bond donors (Lipinski definition) is 2. The number of nitrogens with one attached hydrogen (secondary N) is 1. The third kappa shape index (κ3) is 3.15. The van der Waals surface area contributed by atoms with E-state index >= 15 is 0 Å². The number of anilines is 1. The summed E-state index contributed by atoms with van der Waals surface area (Å²) in [6.45, 7) is 0. The van der Waals surface area contributed by atoms with Gasteiger partial charge in [-0.05, 0) is 45.6 Å². The summed E-state index contributed by atoms with van der Waals surface area (Å²) in [6, 6.07) is 6.03. The topological polar surface area (TPSA) is 66.4 Å². The number of amides is 1. The van der Waals surface area contributed by atoms with Gasteiger partial charge in [0.15, 0.2) is 0 Å². The lowest BCUT2D eigenvalue weighted by Crippen LogP contribution is -2.11. The van der Waals surface area contributed by atoms with Crippen LogP contribution in [0.1, 0.15) is 20.0 Å². The molecule has 0 bridgehead atoms. The lowest BCUT2D eigenvalue weighted by Gasteiger charge is -2.06. The van der Waals surface area contributed by atoms with Crippen LogP contribution in [0.5, 0.6) is 0 Å². The maximum Gasteiger partial charge on any atom is 0.337 e. The fourth-order valence-corrected chi connectivity index (χ4v) is 3.12. The standard InChI is InChI=1S/C12H7BrClNO3S/c13-8-3-4-19-10(8)11(16)15-6-1-2-7(12(17)18)9(14)5-6/h1-5H,(H,15,16)(H,17,18). The molecule has 1 aromatic heterocycles. The summed E-state index contributed by atoms with van der Waals surface area (Å²) in [6.07, 6.45) is 0. The number of hydrogen-bond acceptors (Lipinski definition) is 3. The molecule has 1 heterocycles. The molecular formula is C12H7BrClNO3S. The van der Waals surface area contributed by atoms with E-state index in [0.29, 0.717) is 15.0 Å². The van der Waals surface area contributed by atoms with E-state index in [4.69, 9.17) is 16.7 Å². The van der Waals surface area contributed by atoms with Crippen molar-refractivity contribution in [1.29, 1.82) is 0 Å². The van der Waals surface area contributed by atoms with Crippen molar-refractivity contribution in [2.75, 3.05) is 5.32 Å². The van der Waals surface area contributed by atoms with Crippen molar-refractivity contribution >= 4 is 56.4 Å². The first kappa shape index (κ1) is 14.0. The van der Waals surface area contributed by atoms with Gasteiger partial charge in [0.2, 0.25) is 0 Å². The van der Waals surface area contributed by atoms with E-state index in [1.165, 1.54) is 29.5 Å². The molecule has 0 fully saturated rings. The Morgan fingerprint density at radius 2 is 2.05 bits per heavy atom. The van der Waals surface area contributed by atoms with Crippen molar-refractivity contribution in [1.82, 2.24) is 0 Å². The second kappa shape index (κ2) is 5.73. The molecule has 2 rings (SSSR count). The number of benzene rings is 1. The summed E-state index contributed by atoms with van der Waals surface area (Å²) in [5.41, 5.74) is 0.442. The van der Waals surface area contributed by atoms with Crippen LogP contribution in [0.15, 0.2) is 34.1 Å². The molecule has 2 aromatic rings. The maximum atomic E-state index is 11.9. The lowest BCUT2D eigenvalue weighted by atomic mass is 10.2. The van der Waals surface area contributed by atoms with Crippen LogP contribution >= 0.6 is 38.9 Å². The van der Waals surface area contributed by atoms with Crippen molar-refractivity contribution in [3.8, 4) is 0 Å². The smallest absolute Gasteiger partial charge is 0.337 e. The first-order valence-corrected chi connectivity index (χ1v) is 7.11. The maximum absolute atomic E-state index is 11.9. The number of carbonyl (C=O) groups is 2. The van der Waals surface area contributed by atoms with Gasteiger partial charge in [-0.1, -0.05) is 11.6 Å². The Morgan fingerprint density at radius 3 is 2.58 bits per heavy atom. The molecule has 0 aliphatic carbocycles. The normalized spacial score (nSPS) is 10.2. The summed E-state index contributed by atoms with van der Waals surface area (Å²) >= 11 is 10.4. The number of aromatic carboxylic acids is 1. The van der Waals surface area contributed by atoms with Crippen LogP contribution in [0.25, 0.3) is 0 Å². The SMILES string of the molecule is O=C(O)c1ccc(NC(=O)c2sccc2Br)cc1Cl. The molecule has 1 amide bonds. The van der Waals surface area contributed by atoms with Gasteiger partial charge >= 0.3 is 5.97 Å². The molecule has 0 unspecified atom stereocenters. The Hall–Kier alpha value is -1.37. The van der Waals surface area contributed by atoms with Crippen LogP contribution in [0, 0.1) is 0 Å². The number of carbonyl (C=O) groups excluding carboxylic acids is 1. The first-order chi connectivity index (χ1) is 8.99. The summed E-state index contributed by atoms with van der Waals surface area (Å²) in [7, 11) is 0. The minimum Gasteiger partial charge on any atom is -0.478 e. The monoisotopic (exact) mass is 359 g/mol. The molecule has 0 aliphatic rings. The molecule has 0 radical (unpaired) electrons. The fourth-order valence-electron chi connectivity index (χ4n) is 1.41. The van der Waals surface area contributed by atoms with Gasteiger partial charge in [-0.2, -0.15) is 0 Å². The Morgan fingerprint density at radius 1 is 1.32 bits per heavy atom. The highest BCUT2D eigenvalue weighted by Gasteiger charge is 2.13. The predicted molar refractivity (Wildman–Crippen MR) is 78.4 cm³/mol. The van der Waals surface area contributed by atoms with E-state index in [-0.39, 0.29) is 16.5 Å². The van der Waals surface area contributed by atoms with Crippen LogP contribution < -0.4 is 5.32 Å². The zero-order valence-electron chi connectivity index (χ0n) is 9.31. The highest BCUT2D eigenvalue weighted by atomic mass is 79.9. The van der Waals surface area contributed by atoms with Gasteiger partial charge < -0.3 is 10.4 Å². The zero-order chi connectivity index (χ0) is 14.0. The minimum absolute atomic E-state index is 0.00281. The van der Waals surface area contributed by atoms with Gasteiger partial charge in [0.1, 0.15) is 4.88 Å². The molecule has 98 valence electrons. The Balaban J connectivity index is 2.21. The molecule has 2 N–H and O–H groups in total. The number of carboxylic acid groups (broad SMARTS) is 1. The van der Waals surface area contributed by atoms with E-state index in [1.54, 1.807) is 11.4 Å². The van der Waals surface area contributed by atoms with Gasteiger partial charge in [-0.25, -0.2) is 4.79 Å². The Kier molecular flexibility index (Phi) is 4.24. The van der Waals surface area contributed by atoms with Gasteiger partial charge in [0.25, 0.3) is 5.91 Å². The predicted octanol–water partition coefficient (Wildman–Crippen LogP) is 4.11. The number of carboxylic acids is 1. The van der Waals surface area contributed by atoms with Gasteiger partial charge in [0.05, 0.1) is 10.6 Å². The average Bonchev–Trinajstić information content (AvgIpc) is 2.75. The molecule has 0 atom stereocenters. The Labute approximate surface area is 126 Å². The lowest BCUT2D eigenvalue weighted by molar-refractivity contribution is 0.0697. The summed E-state index contributed by atoms with van der Waals surface area (Å²) in [5.74, 6) is -1.38. The van der Waals surface area contributed by atoms with Crippen LogP contribution in [-0.2, 0) is 0 Å². The van der Waals surface area contributed by atoms with Crippen molar-refractivity contribution in [2.45, 2.75) is 0 Å². The second-order valence-electron chi connectivity index (χ2n) is 3.55. The van der Waals surface area contributed by atoms with Crippen molar-refractivity contribution in [3.63, 3.8) is 0 Å². The van der Waals surface area contributed by atoms with Crippen molar-refractivity contribution in [3.05, 3.63) is 49.6 Å². The zero-order valence-corrected chi connectivity index (χ0v) is 12.5. The summed E-state index contributed by atoms with van der Waals surface area (Å²) < 4.78 is 0.711. The third-order valence-electron chi connectivity index (χ3n) is 2.28. The quantitative estimate of drug-likeness (QED) is 0.865. The summed E-state index contributed by atoms with van der Waals surface area (Å²) in [5, 5.41) is 13.4. The molecule has 7 heteroatoms. The van der Waals surface area contributed by atoms with Crippen LogP contribution in [0.4, 0.5) is 5.69 Å². The third-order valence-corrected chi connectivity index (χ3v) is 4.43. The average molecular weight is 361 g/mol. The summed E-state index contributed by atoms with van der Waals surface area (Å²) in [4.78, 5) is 23.3. The highest BCUT2D eigenvalue weighted by Crippen LogP contribution is 2.25. The van der Waals surface area contributed by atoms with E-state index in [2.05, 4.69) is 21.2 Å². The number of thiophene rings is 1. The number of halogens is 2. The number of rotatable bonds is 3. The molecule has 0 saturated carbocycles. The molecule has 0 saturated heterocycles. The molecule has 19 heavy (non-hydrogen) atoms. The van der Waals surface area contributed by atoms with E-state index in [1.807, 2.05) is 0 Å². The van der Waals surface area contributed by atoms with Gasteiger partial charge in [-0.15, -0.1) is 11.3 Å². The highest BCUT2D eigenvalue weighted by molar-refractivity contribution is 9.10. The van der Waals surface area contributed by atoms with Crippen LogP contribution in [0.3, 0.4) is 0 Å². The molecule has 4 nitrogen and oxygen atoms in total. The van der Waals surface area contributed by atoms with Gasteiger partial charge in [-0.3, -0.25) is 4.79 Å². The van der Waals surface area contributed by atoms with Crippen LogP contribution in [0.2, 0.25) is 5.02 Å². The second-order valence-corrected chi connectivity index (χ2v) is 5.73. The van der Waals surface area contributed by atoms with Gasteiger partial charge in [0, 0.05) is 10.2 Å². The largest absolute Gasteiger partial charge is 0.478 e. The van der Waals surface area contributed by atoms with E-state index < -0.39 is 5.97 Å². The molecule has 0 aliphatic heterocycles. The van der Waals surface area contributed by atoms with Crippen molar-refractivity contribution < 1.29 is 14.7 Å². The first-order valence-electron chi connectivity index (χ1n) is 5.06. The molecular weight excluding hydrogens is 354 g/mol.